The van der Waals surface area contributed by atoms with Crippen LogP contribution < -0.4 is 18.0 Å². The van der Waals surface area contributed by atoms with E-state index in [1.165, 1.54) is 6.54 Å². The summed E-state index contributed by atoms with van der Waals surface area (Å²) < 4.78 is 2.88. The molecule has 0 saturated heterocycles. The van der Waals surface area contributed by atoms with Crippen LogP contribution in [0.25, 0.3) is 0 Å². The van der Waals surface area contributed by atoms with E-state index in [1.807, 2.05) is 24.3 Å². The Balaban J connectivity index is 2.15. The van der Waals surface area contributed by atoms with Crippen LogP contribution in [0.5, 0.6) is 0 Å². The Kier molecular flexibility index (Phi) is 3.22. The van der Waals surface area contributed by atoms with Crippen LogP contribution in [0.2, 0.25) is 0 Å². The van der Waals surface area contributed by atoms with Gasteiger partial charge >= 0.3 is 101 Å². The molecule has 15 heavy (non-hydrogen) atoms. The van der Waals surface area contributed by atoms with Crippen molar-refractivity contribution in [3.05, 3.63) is 48.5 Å². The molecule has 2 nitrogen and oxygen atoms in total. The number of hydrogen-bond acceptors (Lipinski definition) is 2. The summed E-state index contributed by atoms with van der Waals surface area (Å²) in [6, 6.07) is 16.4. The van der Waals surface area contributed by atoms with Gasteiger partial charge in [-0.15, -0.1) is 0 Å². The average molecular weight is 393 g/mol. The maximum atomic E-state index is 5.64. The molecule has 0 amide bonds. The van der Waals surface area contributed by atoms with Crippen LogP contribution >= 0.6 is 0 Å². The van der Waals surface area contributed by atoms with Crippen molar-refractivity contribution in [2.24, 2.45) is 0 Å². The Labute approximate surface area is 101 Å². The van der Waals surface area contributed by atoms with E-state index in [4.69, 9.17) is 11.5 Å². The third-order valence-electron chi connectivity index (χ3n) is 2.04. The molecule has 0 spiro atoms. The average Bonchev–Trinajstić information content (AvgIpc) is 2.25. The van der Waals surface area contributed by atoms with Crippen LogP contribution in [0.3, 0.4) is 0 Å². The minimum atomic E-state index is -0.766. The first-order chi connectivity index (χ1) is 7.24. The molecule has 0 aliphatic carbocycles. The number of rotatable bonds is 2. The normalized spacial score (nSPS) is 10.1. The zero-order chi connectivity index (χ0) is 10.7. The maximum absolute atomic E-state index is 5.64. The van der Waals surface area contributed by atoms with Gasteiger partial charge in [-0.3, -0.25) is 0 Å². The first kappa shape index (κ1) is 10.4. The van der Waals surface area contributed by atoms with E-state index in [0.29, 0.717) is 0 Å². The summed E-state index contributed by atoms with van der Waals surface area (Å²) in [5.41, 5.74) is 12.9. The summed E-state index contributed by atoms with van der Waals surface area (Å²) in [5.74, 6) is 0. The molecule has 2 aromatic carbocycles. The van der Waals surface area contributed by atoms with E-state index in [0.717, 1.165) is 11.4 Å². The third kappa shape index (κ3) is 2.93. The molecular weight excluding hydrogens is 381 g/mol. The number of anilines is 2. The number of benzene rings is 2. The van der Waals surface area contributed by atoms with Crippen LogP contribution in [0, 0.1) is 0 Å². The molecule has 3 heteroatoms. The van der Waals surface area contributed by atoms with Gasteiger partial charge in [-0.25, -0.2) is 0 Å². The molecule has 2 rings (SSSR count). The van der Waals surface area contributed by atoms with E-state index in [1.54, 1.807) is 0 Å². The number of nitrogen functional groups attached to an aromatic ring is 2. The zero-order valence-electron chi connectivity index (χ0n) is 8.22. The summed E-state index contributed by atoms with van der Waals surface area (Å²) in [7, 11) is 0. The minimum absolute atomic E-state index is 0.766. The number of hydrogen-bond donors (Lipinski definition) is 2. The molecule has 1 radical (unpaired) electrons. The van der Waals surface area contributed by atoms with Gasteiger partial charge in [0.05, 0.1) is 0 Å². The van der Waals surface area contributed by atoms with E-state index in [-0.39, 0.29) is 0 Å². The molecule has 0 aliphatic heterocycles. The predicted octanol–water partition coefficient (Wildman–Crippen LogP) is 0.506. The van der Waals surface area contributed by atoms with Gasteiger partial charge in [0, 0.05) is 0 Å². The van der Waals surface area contributed by atoms with Gasteiger partial charge in [0.25, 0.3) is 0 Å². The second-order valence-electron chi connectivity index (χ2n) is 3.29. The summed E-state index contributed by atoms with van der Waals surface area (Å²) >= 11 is -0.766. The summed E-state index contributed by atoms with van der Waals surface area (Å²) in [5, 5.41) is 0. The Morgan fingerprint density at radius 2 is 0.933 bits per heavy atom. The molecule has 0 saturated carbocycles. The van der Waals surface area contributed by atoms with E-state index >= 15 is 0 Å². The van der Waals surface area contributed by atoms with E-state index < -0.39 is 23.2 Å². The molecule has 0 bridgehead atoms. The molecule has 0 atom stereocenters. The van der Waals surface area contributed by atoms with Gasteiger partial charge in [0.2, 0.25) is 0 Å². The Hall–Kier alpha value is -1.08. The molecule has 0 aliphatic rings. The third-order valence-corrected chi connectivity index (χ3v) is 6.37. The van der Waals surface area contributed by atoms with Gasteiger partial charge in [-0.05, 0) is 0 Å². The predicted molar refractivity (Wildman–Crippen MR) is 66.7 cm³/mol. The Morgan fingerprint density at radius 1 is 0.600 bits per heavy atom. The van der Waals surface area contributed by atoms with Crippen molar-refractivity contribution in [2.45, 2.75) is 0 Å². The fourth-order valence-electron chi connectivity index (χ4n) is 1.25. The SMILES string of the molecule is Nc1cc[c]([Bi][c]2ccc(N)cc2)cc1. The van der Waals surface area contributed by atoms with Crippen LogP contribution in [0.15, 0.2) is 48.5 Å². The van der Waals surface area contributed by atoms with Gasteiger partial charge in [0.15, 0.2) is 0 Å². The summed E-state index contributed by atoms with van der Waals surface area (Å²) in [6.45, 7) is 0. The second kappa shape index (κ2) is 4.63. The van der Waals surface area contributed by atoms with Gasteiger partial charge in [0.1, 0.15) is 0 Å². The fourth-order valence-corrected chi connectivity index (χ4v) is 4.72. The first-order valence-electron chi connectivity index (χ1n) is 4.67. The van der Waals surface area contributed by atoms with Crippen molar-refractivity contribution >= 4 is 41.2 Å². The molecular formula is C12H12BiN2. The van der Waals surface area contributed by atoms with Gasteiger partial charge in [-0.2, -0.15) is 0 Å². The topological polar surface area (TPSA) is 52.0 Å². The van der Waals surface area contributed by atoms with E-state index in [2.05, 4.69) is 24.3 Å². The van der Waals surface area contributed by atoms with Crippen LogP contribution in [-0.4, -0.2) is 23.2 Å². The first-order valence-corrected chi connectivity index (χ1v) is 8.14. The summed E-state index contributed by atoms with van der Waals surface area (Å²) in [6.07, 6.45) is 0. The van der Waals surface area contributed by atoms with Crippen LogP contribution in [-0.2, 0) is 0 Å². The van der Waals surface area contributed by atoms with Crippen molar-refractivity contribution in [1.82, 2.24) is 0 Å². The molecule has 0 aromatic heterocycles. The zero-order valence-corrected chi connectivity index (χ0v) is 11.7. The standard InChI is InChI=1S/2C6H6N.Bi/c2*7-6-4-2-1-3-5-6;/h2*2-5H,7H2;. The van der Waals surface area contributed by atoms with Gasteiger partial charge < -0.3 is 0 Å². The van der Waals surface area contributed by atoms with Crippen molar-refractivity contribution in [1.29, 1.82) is 0 Å². The molecule has 0 unspecified atom stereocenters. The summed E-state index contributed by atoms with van der Waals surface area (Å²) in [4.78, 5) is 0. The quantitative estimate of drug-likeness (QED) is 0.577. The Bertz CT molecular complexity index is 391. The van der Waals surface area contributed by atoms with Crippen molar-refractivity contribution in [2.75, 3.05) is 11.5 Å². The van der Waals surface area contributed by atoms with E-state index in [9.17, 15) is 0 Å². The Morgan fingerprint density at radius 3 is 1.27 bits per heavy atom. The van der Waals surface area contributed by atoms with Gasteiger partial charge in [-0.1, -0.05) is 0 Å². The van der Waals surface area contributed by atoms with Crippen LogP contribution in [0.4, 0.5) is 11.4 Å². The molecule has 75 valence electrons. The molecule has 0 fully saturated rings. The van der Waals surface area contributed by atoms with Crippen molar-refractivity contribution < 1.29 is 0 Å². The second-order valence-corrected chi connectivity index (χ2v) is 8.18. The van der Waals surface area contributed by atoms with Crippen molar-refractivity contribution in [3.63, 3.8) is 0 Å². The monoisotopic (exact) mass is 393 g/mol. The fraction of sp³-hybridized carbons (Fsp3) is 0. The van der Waals surface area contributed by atoms with Crippen molar-refractivity contribution in [3.8, 4) is 0 Å². The molecule has 2 aromatic rings. The molecule has 4 N–H and O–H groups in total. The molecule has 0 heterocycles. The number of nitrogens with two attached hydrogens (primary N) is 2. The van der Waals surface area contributed by atoms with Crippen LogP contribution in [0.1, 0.15) is 0 Å².